The number of rotatable bonds is 6. The standard InChI is InChI=1S/C12H18N2O3/c15-12(14-8-11-4-2-6-17-11)9-13-7-10-3-1-5-16-10/h2,4,6,10,13H,1,3,5,7-9H2,(H,14,15)/t10-/m1/s1. The molecular weight excluding hydrogens is 220 g/mol. The second-order valence-corrected chi connectivity index (χ2v) is 4.12. The van der Waals surface area contributed by atoms with E-state index >= 15 is 0 Å². The average Bonchev–Trinajstić information content (AvgIpc) is 2.99. The number of carbonyl (C=O) groups excluding carboxylic acids is 1. The van der Waals surface area contributed by atoms with Gasteiger partial charge < -0.3 is 19.8 Å². The molecule has 0 saturated carbocycles. The molecule has 17 heavy (non-hydrogen) atoms. The van der Waals surface area contributed by atoms with Crippen LogP contribution >= 0.6 is 0 Å². The minimum atomic E-state index is -0.0283. The Balaban J connectivity index is 1.54. The highest BCUT2D eigenvalue weighted by atomic mass is 16.5. The molecule has 0 spiro atoms. The zero-order valence-electron chi connectivity index (χ0n) is 9.78. The third-order valence-corrected chi connectivity index (χ3v) is 2.72. The molecule has 1 aromatic heterocycles. The van der Waals surface area contributed by atoms with Gasteiger partial charge in [0.15, 0.2) is 0 Å². The van der Waals surface area contributed by atoms with Crippen LogP contribution in [0.15, 0.2) is 22.8 Å². The summed E-state index contributed by atoms with van der Waals surface area (Å²) in [5, 5.41) is 5.86. The van der Waals surface area contributed by atoms with Gasteiger partial charge in [0.05, 0.1) is 25.5 Å². The Labute approximate surface area is 101 Å². The van der Waals surface area contributed by atoms with Crippen molar-refractivity contribution in [2.75, 3.05) is 19.7 Å². The van der Waals surface area contributed by atoms with E-state index in [1.54, 1.807) is 12.3 Å². The van der Waals surface area contributed by atoms with Crippen molar-refractivity contribution in [1.82, 2.24) is 10.6 Å². The summed E-state index contributed by atoms with van der Waals surface area (Å²) >= 11 is 0. The molecule has 94 valence electrons. The topological polar surface area (TPSA) is 63.5 Å². The van der Waals surface area contributed by atoms with Gasteiger partial charge in [-0.25, -0.2) is 0 Å². The highest BCUT2D eigenvalue weighted by Crippen LogP contribution is 2.10. The van der Waals surface area contributed by atoms with Gasteiger partial charge in [0.2, 0.25) is 5.91 Å². The van der Waals surface area contributed by atoms with E-state index in [2.05, 4.69) is 10.6 Å². The van der Waals surface area contributed by atoms with Crippen molar-refractivity contribution in [3.8, 4) is 0 Å². The zero-order valence-corrected chi connectivity index (χ0v) is 9.78. The van der Waals surface area contributed by atoms with Gasteiger partial charge in [-0.15, -0.1) is 0 Å². The first-order valence-corrected chi connectivity index (χ1v) is 5.96. The van der Waals surface area contributed by atoms with Crippen LogP contribution in [0.3, 0.4) is 0 Å². The molecule has 2 N–H and O–H groups in total. The monoisotopic (exact) mass is 238 g/mol. The molecule has 2 heterocycles. The lowest BCUT2D eigenvalue weighted by Crippen LogP contribution is -2.36. The van der Waals surface area contributed by atoms with E-state index in [0.717, 1.165) is 31.8 Å². The summed E-state index contributed by atoms with van der Waals surface area (Å²) in [4.78, 5) is 11.5. The lowest BCUT2D eigenvalue weighted by atomic mass is 10.2. The number of hydrogen-bond acceptors (Lipinski definition) is 4. The van der Waals surface area contributed by atoms with E-state index in [4.69, 9.17) is 9.15 Å². The van der Waals surface area contributed by atoms with Gasteiger partial charge in [0.25, 0.3) is 0 Å². The molecule has 2 rings (SSSR count). The second-order valence-electron chi connectivity index (χ2n) is 4.12. The molecule has 5 nitrogen and oxygen atoms in total. The predicted molar refractivity (Wildman–Crippen MR) is 62.4 cm³/mol. The van der Waals surface area contributed by atoms with Crippen LogP contribution in [0.25, 0.3) is 0 Å². The molecule has 1 aromatic rings. The fraction of sp³-hybridized carbons (Fsp3) is 0.583. The molecule has 1 atom stereocenters. The van der Waals surface area contributed by atoms with Crippen LogP contribution in [0, 0.1) is 0 Å². The minimum absolute atomic E-state index is 0.0283. The SMILES string of the molecule is O=C(CNC[C@H]1CCCO1)NCc1ccco1. The highest BCUT2D eigenvalue weighted by Gasteiger charge is 2.14. The van der Waals surface area contributed by atoms with Crippen LogP contribution in [0.5, 0.6) is 0 Å². The Bertz CT molecular complexity index is 332. The first kappa shape index (κ1) is 12.1. The van der Waals surface area contributed by atoms with Crippen LogP contribution in [0.1, 0.15) is 18.6 Å². The third kappa shape index (κ3) is 4.20. The minimum Gasteiger partial charge on any atom is -0.467 e. The number of nitrogens with one attached hydrogen (secondary N) is 2. The van der Waals surface area contributed by atoms with Gasteiger partial charge in [-0.1, -0.05) is 0 Å². The first-order chi connectivity index (χ1) is 8.34. The van der Waals surface area contributed by atoms with E-state index in [1.807, 2.05) is 6.07 Å². The second kappa shape index (κ2) is 6.42. The third-order valence-electron chi connectivity index (χ3n) is 2.72. The molecule has 1 amide bonds. The van der Waals surface area contributed by atoms with Gasteiger partial charge in [-0.3, -0.25) is 4.79 Å². The summed E-state index contributed by atoms with van der Waals surface area (Å²) in [6.45, 7) is 2.35. The summed E-state index contributed by atoms with van der Waals surface area (Å²) < 4.78 is 10.6. The number of amides is 1. The van der Waals surface area contributed by atoms with Crippen molar-refractivity contribution in [3.05, 3.63) is 24.2 Å². The Kier molecular flexibility index (Phi) is 4.58. The quantitative estimate of drug-likeness (QED) is 0.764. The van der Waals surface area contributed by atoms with Crippen LogP contribution < -0.4 is 10.6 Å². The Morgan fingerprint density at radius 1 is 1.53 bits per heavy atom. The fourth-order valence-electron chi connectivity index (χ4n) is 1.81. The van der Waals surface area contributed by atoms with Gasteiger partial charge in [-0.2, -0.15) is 0 Å². The van der Waals surface area contributed by atoms with Gasteiger partial charge in [-0.05, 0) is 25.0 Å². The molecule has 0 radical (unpaired) electrons. The molecule has 1 saturated heterocycles. The van der Waals surface area contributed by atoms with Crippen molar-refractivity contribution in [2.45, 2.75) is 25.5 Å². The largest absolute Gasteiger partial charge is 0.467 e. The molecule has 0 bridgehead atoms. The molecule has 0 aromatic carbocycles. The molecule has 0 unspecified atom stereocenters. The van der Waals surface area contributed by atoms with Gasteiger partial charge in [0, 0.05) is 13.2 Å². The van der Waals surface area contributed by atoms with E-state index < -0.39 is 0 Å². The lowest BCUT2D eigenvalue weighted by molar-refractivity contribution is -0.120. The van der Waals surface area contributed by atoms with Crippen LogP contribution in [-0.2, 0) is 16.1 Å². The molecule has 1 aliphatic heterocycles. The van der Waals surface area contributed by atoms with Crippen LogP contribution in [0.4, 0.5) is 0 Å². The number of furan rings is 1. The molecule has 1 fully saturated rings. The number of ether oxygens (including phenoxy) is 1. The van der Waals surface area contributed by atoms with Crippen molar-refractivity contribution in [2.24, 2.45) is 0 Å². The van der Waals surface area contributed by atoms with Crippen LogP contribution in [-0.4, -0.2) is 31.7 Å². The van der Waals surface area contributed by atoms with Crippen molar-refractivity contribution >= 4 is 5.91 Å². The summed E-state index contributed by atoms with van der Waals surface area (Å²) in [6.07, 6.45) is 4.07. The predicted octanol–water partition coefficient (Wildman–Crippen LogP) is 0.664. The Morgan fingerprint density at radius 2 is 2.47 bits per heavy atom. The summed E-state index contributed by atoms with van der Waals surface area (Å²) in [6, 6.07) is 3.64. The van der Waals surface area contributed by atoms with Gasteiger partial charge in [0.1, 0.15) is 5.76 Å². The average molecular weight is 238 g/mol. The fourth-order valence-corrected chi connectivity index (χ4v) is 1.81. The lowest BCUT2D eigenvalue weighted by Gasteiger charge is -2.10. The van der Waals surface area contributed by atoms with Gasteiger partial charge >= 0.3 is 0 Å². The van der Waals surface area contributed by atoms with E-state index in [0.29, 0.717) is 13.1 Å². The van der Waals surface area contributed by atoms with Crippen molar-refractivity contribution < 1.29 is 13.9 Å². The van der Waals surface area contributed by atoms with Crippen molar-refractivity contribution in [1.29, 1.82) is 0 Å². The number of carbonyl (C=O) groups is 1. The van der Waals surface area contributed by atoms with Crippen LogP contribution in [0.2, 0.25) is 0 Å². The summed E-state index contributed by atoms with van der Waals surface area (Å²) in [5.74, 6) is 0.733. The number of hydrogen-bond donors (Lipinski definition) is 2. The highest BCUT2D eigenvalue weighted by molar-refractivity contribution is 5.77. The van der Waals surface area contributed by atoms with Crippen molar-refractivity contribution in [3.63, 3.8) is 0 Å². The maximum Gasteiger partial charge on any atom is 0.234 e. The Hall–Kier alpha value is -1.33. The Morgan fingerprint density at radius 3 is 3.18 bits per heavy atom. The maximum atomic E-state index is 11.5. The normalized spacial score (nSPS) is 19.4. The maximum absolute atomic E-state index is 11.5. The zero-order chi connectivity index (χ0) is 11.9. The molecule has 0 aliphatic carbocycles. The van der Waals surface area contributed by atoms with E-state index in [-0.39, 0.29) is 12.0 Å². The van der Waals surface area contributed by atoms with E-state index in [9.17, 15) is 4.79 Å². The molecule has 5 heteroatoms. The molecular formula is C12H18N2O3. The first-order valence-electron chi connectivity index (χ1n) is 5.96. The smallest absolute Gasteiger partial charge is 0.234 e. The summed E-state index contributed by atoms with van der Waals surface area (Å²) in [7, 11) is 0. The molecule has 1 aliphatic rings. The van der Waals surface area contributed by atoms with E-state index in [1.165, 1.54) is 0 Å². The summed E-state index contributed by atoms with van der Waals surface area (Å²) in [5.41, 5.74) is 0.